The molecule has 2 N–H and O–H groups in total. The number of carbonyl (C=O) groups excluding carboxylic acids is 1. The van der Waals surface area contributed by atoms with Crippen LogP contribution in [0.4, 0.5) is 34.4 Å². The van der Waals surface area contributed by atoms with E-state index in [0.29, 0.717) is 11.6 Å². The minimum atomic E-state index is -0.640. The maximum absolute atomic E-state index is 13.1. The molecule has 7 nitrogen and oxygen atoms in total. The Hall–Kier alpha value is -4.62. The Morgan fingerprint density at radius 3 is 2.00 bits per heavy atom. The van der Waals surface area contributed by atoms with Crippen LogP contribution in [0.1, 0.15) is 11.6 Å². The van der Waals surface area contributed by atoms with Crippen molar-refractivity contribution in [1.82, 2.24) is 9.97 Å². The van der Waals surface area contributed by atoms with Gasteiger partial charge in [-0.2, -0.15) is 0 Å². The number of para-hydroxylation sites is 5. The summed E-state index contributed by atoms with van der Waals surface area (Å²) >= 11 is 6.59. The van der Waals surface area contributed by atoms with Crippen LogP contribution in [0, 0.1) is 0 Å². The summed E-state index contributed by atoms with van der Waals surface area (Å²) in [5.41, 5.74) is 5.94. The Morgan fingerprint density at radius 2 is 1.33 bits per heavy atom. The second kappa shape index (κ2) is 10.3. The van der Waals surface area contributed by atoms with Crippen LogP contribution in [0.5, 0.6) is 0 Å². The minimum Gasteiger partial charge on any atom is -0.378 e. The van der Waals surface area contributed by atoms with E-state index in [2.05, 4.69) is 10.6 Å². The number of benzene rings is 4. The molecule has 1 aliphatic rings. The van der Waals surface area contributed by atoms with Gasteiger partial charge in [0.25, 0.3) is 0 Å². The van der Waals surface area contributed by atoms with Crippen LogP contribution >= 0.6 is 11.6 Å². The molecule has 1 amide bonds. The van der Waals surface area contributed by atoms with Gasteiger partial charge in [-0.15, -0.1) is 11.6 Å². The van der Waals surface area contributed by atoms with Gasteiger partial charge in [-0.3, -0.25) is 9.69 Å². The number of hydrogen-bond donors (Lipinski definition) is 2. The monoisotopic (exact) mass is 534 g/mol. The van der Waals surface area contributed by atoms with Gasteiger partial charge in [0, 0.05) is 25.5 Å². The van der Waals surface area contributed by atoms with Gasteiger partial charge < -0.3 is 15.5 Å². The average molecular weight is 535 g/mol. The molecule has 1 fully saturated rings. The van der Waals surface area contributed by atoms with E-state index >= 15 is 0 Å². The first-order valence-corrected chi connectivity index (χ1v) is 13.1. The second-order valence-electron chi connectivity index (χ2n) is 9.58. The first kappa shape index (κ1) is 24.7. The van der Waals surface area contributed by atoms with Crippen molar-refractivity contribution < 1.29 is 4.79 Å². The van der Waals surface area contributed by atoms with Crippen LogP contribution in [0.15, 0.2) is 103 Å². The topological polar surface area (TPSA) is 73.4 Å². The molecule has 2 heterocycles. The maximum Gasteiger partial charge on any atom is 0.248 e. The van der Waals surface area contributed by atoms with Gasteiger partial charge in [-0.25, -0.2) is 9.97 Å². The number of hydrogen-bond acceptors (Lipinski definition) is 6. The molecule has 4 aromatic carbocycles. The van der Waals surface area contributed by atoms with Gasteiger partial charge in [0.1, 0.15) is 5.38 Å². The fourth-order valence-electron chi connectivity index (χ4n) is 4.76. The molecule has 1 saturated heterocycles. The number of amides is 1. The summed E-state index contributed by atoms with van der Waals surface area (Å²) in [4.78, 5) is 26.6. The zero-order valence-corrected chi connectivity index (χ0v) is 22.3. The number of aromatic nitrogens is 2. The highest BCUT2D eigenvalue weighted by molar-refractivity contribution is 6.37. The van der Waals surface area contributed by atoms with Crippen molar-refractivity contribution in [2.45, 2.75) is 11.4 Å². The molecule has 0 radical (unpaired) electrons. The molecule has 0 saturated carbocycles. The molecule has 5 aromatic rings. The summed E-state index contributed by atoms with van der Waals surface area (Å²) < 4.78 is 0. The molecule has 0 aliphatic carbocycles. The number of fused-ring (bicyclic) bond motifs is 1. The molecule has 0 spiro atoms. The largest absolute Gasteiger partial charge is 0.378 e. The number of nitrogens with one attached hydrogen (secondary N) is 2. The van der Waals surface area contributed by atoms with Gasteiger partial charge in [0.2, 0.25) is 5.91 Å². The Kier molecular flexibility index (Phi) is 6.50. The molecule has 39 heavy (non-hydrogen) atoms. The lowest BCUT2D eigenvalue weighted by Crippen LogP contribution is -2.56. The molecular formula is C31H27ClN6O. The summed E-state index contributed by atoms with van der Waals surface area (Å²) in [7, 11) is 3.99. The standard InChI is InChI=1S/C31H27ClN6O/c1-37(2)22-18-16-20(17-19-22)28-27(32)31(39)38(28)26-15-9-8-14-25(26)36-30-29(33-21-10-4-3-5-11-21)34-23-12-6-7-13-24(23)35-30/h3-19,27-28H,1-2H3,(H,33,34)(H,35,36). The Balaban J connectivity index is 1.38. The van der Waals surface area contributed by atoms with Crippen LogP contribution < -0.4 is 20.4 Å². The number of anilines is 6. The van der Waals surface area contributed by atoms with Gasteiger partial charge >= 0.3 is 0 Å². The maximum atomic E-state index is 13.1. The van der Waals surface area contributed by atoms with E-state index < -0.39 is 5.38 Å². The highest BCUT2D eigenvalue weighted by atomic mass is 35.5. The third-order valence-corrected chi connectivity index (χ3v) is 7.23. The molecule has 194 valence electrons. The number of carbonyl (C=O) groups is 1. The van der Waals surface area contributed by atoms with Crippen molar-refractivity contribution in [2.75, 3.05) is 34.5 Å². The van der Waals surface area contributed by atoms with Crippen LogP contribution in [0.3, 0.4) is 0 Å². The van der Waals surface area contributed by atoms with Crippen LogP contribution in [0.2, 0.25) is 0 Å². The minimum absolute atomic E-state index is 0.139. The van der Waals surface area contributed by atoms with Gasteiger partial charge in [0.15, 0.2) is 11.6 Å². The van der Waals surface area contributed by atoms with Crippen molar-refractivity contribution in [3.05, 3.63) is 109 Å². The molecule has 1 aliphatic heterocycles. The third-order valence-electron chi connectivity index (χ3n) is 6.80. The van der Waals surface area contributed by atoms with E-state index in [1.807, 2.05) is 122 Å². The van der Waals surface area contributed by atoms with Crippen LogP contribution in [-0.2, 0) is 4.79 Å². The number of alkyl halides is 1. The number of rotatable bonds is 7. The zero-order chi connectivity index (χ0) is 26.9. The van der Waals surface area contributed by atoms with E-state index in [1.54, 1.807) is 4.90 Å². The number of nitrogens with zero attached hydrogens (tertiary/aromatic N) is 4. The van der Waals surface area contributed by atoms with Crippen molar-refractivity contribution in [3.63, 3.8) is 0 Å². The summed E-state index contributed by atoms with van der Waals surface area (Å²) in [5, 5.41) is 6.20. The summed E-state index contributed by atoms with van der Waals surface area (Å²) in [5.74, 6) is 0.989. The quantitative estimate of drug-likeness (QED) is 0.175. The lowest BCUT2D eigenvalue weighted by atomic mass is 9.92. The van der Waals surface area contributed by atoms with Gasteiger partial charge in [0.05, 0.1) is 28.5 Å². The Bertz CT molecular complexity index is 1640. The molecule has 2 atom stereocenters. The van der Waals surface area contributed by atoms with E-state index in [4.69, 9.17) is 21.6 Å². The van der Waals surface area contributed by atoms with Crippen LogP contribution in [-0.4, -0.2) is 35.3 Å². The number of β-lactam (4-membered cyclic amide) rings is 1. The Morgan fingerprint density at radius 1 is 0.744 bits per heavy atom. The lowest BCUT2D eigenvalue weighted by molar-refractivity contribution is -0.123. The van der Waals surface area contributed by atoms with Gasteiger partial charge in [-0.05, 0) is 54.1 Å². The normalized spacial score (nSPS) is 16.6. The fourth-order valence-corrected chi connectivity index (χ4v) is 5.12. The second-order valence-corrected chi connectivity index (χ2v) is 10.1. The van der Waals surface area contributed by atoms with Crippen molar-refractivity contribution >= 4 is 62.9 Å². The SMILES string of the molecule is CN(C)c1ccc(C2C(Cl)C(=O)N2c2ccccc2Nc2nc3ccccc3nc2Nc2ccccc2)cc1. The summed E-state index contributed by atoms with van der Waals surface area (Å²) in [6.45, 7) is 0. The zero-order valence-electron chi connectivity index (χ0n) is 21.5. The van der Waals surface area contributed by atoms with E-state index in [-0.39, 0.29) is 11.9 Å². The molecule has 0 bridgehead atoms. The lowest BCUT2D eigenvalue weighted by Gasteiger charge is -2.45. The van der Waals surface area contributed by atoms with E-state index in [0.717, 1.165) is 39.3 Å². The first-order chi connectivity index (χ1) is 19.0. The van der Waals surface area contributed by atoms with Crippen molar-refractivity contribution in [1.29, 1.82) is 0 Å². The number of halogens is 1. The molecule has 2 unspecified atom stereocenters. The molecule has 8 heteroatoms. The predicted octanol–water partition coefficient (Wildman–Crippen LogP) is 6.88. The fraction of sp³-hybridized carbons (Fsp3) is 0.129. The van der Waals surface area contributed by atoms with Crippen molar-refractivity contribution in [3.8, 4) is 0 Å². The highest BCUT2D eigenvalue weighted by Crippen LogP contribution is 2.45. The average Bonchev–Trinajstić information content (AvgIpc) is 2.97. The van der Waals surface area contributed by atoms with Gasteiger partial charge in [-0.1, -0.05) is 54.6 Å². The first-order valence-electron chi connectivity index (χ1n) is 12.7. The summed E-state index contributed by atoms with van der Waals surface area (Å²) in [6, 6.07) is 33.1. The molecule has 6 rings (SSSR count). The highest BCUT2D eigenvalue weighted by Gasteiger charge is 2.48. The van der Waals surface area contributed by atoms with Crippen LogP contribution in [0.25, 0.3) is 11.0 Å². The predicted molar refractivity (Wildman–Crippen MR) is 160 cm³/mol. The van der Waals surface area contributed by atoms with Crippen molar-refractivity contribution in [2.24, 2.45) is 0 Å². The summed E-state index contributed by atoms with van der Waals surface area (Å²) in [6.07, 6.45) is 0. The Labute approximate surface area is 232 Å². The molecular weight excluding hydrogens is 508 g/mol. The smallest absolute Gasteiger partial charge is 0.248 e. The van der Waals surface area contributed by atoms with E-state index in [1.165, 1.54) is 0 Å². The van der Waals surface area contributed by atoms with E-state index in [9.17, 15) is 4.79 Å². The third kappa shape index (κ3) is 4.73. The molecule has 1 aromatic heterocycles.